The van der Waals surface area contributed by atoms with Crippen LogP contribution in [0.3, 0.4) is 0 Å². The number of aromatic nitrogens is 2. The van der Waals surface area contributed by atoms with E-state index in [0.29, 0.717) is 11.3 Å². The predicted molar refractivity (Wildman–Crippen MR) is 90.1 cm³/mol. The smallest absolute Gasteiger partial charge is 0.330 e. The number of rotatable bonds is 6. The standard InChI is InChI=1S/C17H15N3O3S/c21-14(19-15(16(22)23)12-6-2-1-3-7-12)10-13-11-24-17(18-13)20-8-4-5-9-20/h1-9,11,15H,10H2,(H,19,21)(H,22,23)/t15-/m0/s1. The van der Waals surface area contributed by atoms with Crippen molar-refractivity contribution < 1.29 is 14.7 Å². The van der Waals surface area contributed by atoms with Gasteiger partial charge in [0.25, 0.3) is 0 Å². The van der Waals surface area contributed by atoms with E-state index in [9.17, 15) is 14.7 Å². The Morgan fingerprint density at radius 3 is 2.54 bits per heavy atom. The molecule has 0 saturated heterocycles. The van der Waals surface area contributed by atoms with Crippen LogP contribution >= 0.6 is 11.3 Å². The van der Waals surface area contributed by atoms with Crippen molar-refractivity contribution in [1.29, 1.82) is 0 Å². The van der Waals surface area contributed by atoms with E-state index < -0.39 is 12.0 Å². The summed E-state index contributed by atoms with van der Waals surface area (Å²) in [6.45, 7) is 0. The van der Waals surface area contributed by atoms with E-state index in [0.717, 1.165) is 5.13 Å². The molecule has 0 spiro atoms. The van der Waals surface area contributed by atoms with Crippen LogP contribution in [-0.4, -0.2) is 26.5 Å². The summed E-state index contributed by atoms with van der Waals surface area (Å²) in [6.07, 6.45) is 3.78. The number of nitrogens with zero attached hydrogens (tertiary/aromatic N) is 2. The Morgan fingerprint density at radius 1 is 1.17 bits per heavy atom. The zero-order valence-electron chi connectivity index (χ0n) is 12.6. The molecule has 6 nitrogen and oxygen atoms in total. The van der Waals surface area contributed by atoms with Crippen molar-refractivity contribution in [3.05, 3.63) is 71.5 Å². The van der Waals surface area contributed by atoms with Crippen LogP contribution < -0.4 is 5.32 Å². The number of amides is 1. The Balaban J connectivity index is 1.67. The van der Waals surface area contributed by atoms with Crippen LogP contribution in [0.5, 0.6) is 0 Å². The van der Waals surface area contributed by atoms with E-state index in [1.807, 2.05) is 29.1 Å². The molecule has 0 aliphatic heterocycles. The van der Waals surface area contributed by atoms with Crippen LogP contribution in [0.1, 0.15) is 17.3 Å². The molecule has 0 saturated carbocycles. The van der Waals surface area contributed by atoms with Crippen molar-refractivity contribution in [1.82, 2.24) is 14.9 Å². The first-order valence-electron chi connectivity index (χ1n) is 7.28. The summed E-state index contributed by atoms with van der Waals surface area (Å²) in [6, 6.07) is 11.3. The van der Waals surface area contributed by atoms with Crippen molar-refractivity contribution in [3.8, 4) is 5.13 Å². The Hall–Kier alpha value is -2.93. The zero-order valence-corrected chi connectivity index (χ0v) is 13.4. The molecule has 1 amide bonds. The highest BCUT2D eigenvalue weighted by atomic mass is 32.1. The molecule has 0 radical (unpaired) electrons. The number of carbonyl (C=O) groups is 2. The fourth-order valence-electron chi connectivity index (χ4n) is 2.27. The lowest BCUT2D eigenvalue weighted by atomic mass is 10.1. The first-order valence-corrected chi connectivity index (χ1v) is 8.16. The number of thiazole rings is 1. The second-order valence-electron chi connectivity index (χ2n) is 5.14. The van der Waals surface area contributed by atoms with Gasteiger partial charge in [0.05, 0.1) is 12.1 Å². The van der Waals surface area contributed by atoms with Gasteiger partial charge in [-0.25, -0.2) is 9.78 Å². The molecule has 0 bridgehead atoms. The molecule has 1 atom stereocenters. The first kappa shape index (κ1) is 15.9. The summed E-state index contributed by atoms with van der Waals surface area (Å²) in [7, 11) is 0. The van der Waals surface area contributed by atoms with E-state index >= 15 is 0 Å². The molecule has 0 aliphatic rings. The number of nitrogens with one attached hydrogen (secondary N) is 1. The second kappa shape index (κ2) is 7.10. The van der Waals surface area contributed by atoms with Gasteiger partial charge < -0.3 is 15.0 Å². The number of hydrogen-bond donors (Lipinski definition) is 2. The average Bonchev–Trinajstić information content (AvgIpc) is 3.24. The largest absolute Gasteiger partial charge is 0.479 e. The topological polar surface area (TPSA) is 84.2 Å². The highest BCUT2D eigenvalue weighted by Crippen LogP contribution is 2.16. The Bertz CT molecular complexity index is 828. The van der Waals surface area contributed by atoms with Crippen molar-refractivity contribution in [2.24, 2.45) is 0 Å². The summed E-state index contributed by atoms with van der Waals surface area (Å²) >= 11 is 1.43. The summed E-state index contributed by atoms with van der Waals surface area (Å²) in [5.41, 5.74) is 1.14. The number of benzene rings is 1. The van der Waals surface area contributed by atoms with Gasteiger partial charge in [0.1, 0.15) is 0 Å². The number of carboxylic acid groups (broad SMARTS) is 1. The van der Waals surface area contributed by atoms with Gasteiger partial charge in [-0.2, -0.15) is 0 Å². The van der Waals surface area contributed by atoms with Gasteiger partial charge in [-0.05, 0) is 17.7 Å². The van der Waals surface area contributed by atoms with Gasteiger partial charge in [-0.3, -0.25) is 4.79 Å². The molecule has 3 aromatic rings. The molecule has 24 heavy (non-hydrogen) atoms. The molecular formula is C17H15N3O3S. The van der Waals surface area contributed by atoms with Crippen LogP contribution in [0.2, 0.25) is 0 Å². The molecule has 2 aromatic heterocycles. The molecule has 0 unspecified atom stereocenters. The summed E-state index contributed by atoms with van der Waals surface area (Å²) in [4.78, 5) is 28.0. The highest BCUT2D eigenvalue weighted by molar-refractivity contribution is 7.12. The Labute approximate surface area is 142 Å². The quantitative estimate of drug-likeness (QED) is 0.721. The molecule has 0 fully saturated rings. The van der Waals surface area contributed by atoms with Crippen molar-refractivity contribution in [2.45, 2.75) is 12.5 Å². The SMILES string of the molecule is O=C(Cc1csc(-n2cccc2)n1)N[C@H](C(=O)O)c1ccccc1. The molecule has 0 aliphatic carbocycles. The molecule has 122 valence electrons. The van der Waals surface area contributed by atoms with E-state index in [-0.39, 0.29) is 12.3 Å². The lowest BCUT2D eigenvalue weighted by molar-refractivity contribution is -0.142. The number of carboxylic acids is 1. The monoisotopic (exact) mass is 341 g/mol. The van der Waals surface area contributed by atoms with Crippen LogP contribution in [0.4, 0.5) is 0 Å². The van der Waals surface area contributed by atoms with Gasteiger partial charge in [-0.15, -0.1) is 11.3 Å². The fourth-order valence-corrected chi connectivity index (χ4v) is 3.06. The van der Waals surface area contributed by atoms with Gasteiger partial charge in [0.15, 0.2) is 11.2 Å². The molecule has 7 heteroatoms. The molecular weight excluding hydrogens is 326 g/mol. The summed E-state index contributed by atoms with van der Waals surface area (Å²) < 4.78 is 1.86. The highest BCUT2D eigenvalue weighted by Gasteiger charge is 2.22. The summed E-state index contributed by atoms with van der Waals surface area (Å²) in [5.74, 6) is -1.48. The number of carbonyl (C=O) groups excluding carboxylic acids is 1. The van der Waals surface area contributed by atoms with Crippen LogP contribution in [0.15, 0.2) is 60.2 Å². The predicted octanol–water partition coefficient (Wildman–Crippen LogP) is 2.42. The minimum Gasteiger partial charge on any atom is -0.479 e. The molecule has 2 heterocycles. The van der Waals surface area contributed by atoms with Crippen LogP contribution in [-0.2, 0) is 16.0 Å². The van der Waals surface area contributed by atoms with Crippen molar-refractivity contribution >= 4 is 23.2 Å². The zero-order chi connectivity index (χ0) is 16.9. The van der Waals surface area contributed by atoms with Crippen molar-refractivity contribution in [3.63, 3.8) is 0 Å². The summed E-state index contributed by atoms with van der Waals surface area (Å²) in [5, 5.41) is 14.4. The van der Waals surface area contributed by atoms with Crippen molar-refractivity contribution in [2.75, 3.05) is 0 Å². The average molecular weight is 341 g/mol. The Morgan fingerprint density at radius 2 is 1.88 bits per heavy atom. The molecule has 3 rings (SSSR count). The lowest BCUT2D eigenvalue weighted by Gasteiger charge is -2.14. The maximum absolute atomic E-state index is 12.2. The fraction of sp³-hybridized carbons (Fsp3) is 0.118. The first-order chi connectivity index (χ1) is 11.6. The normalized spacial score (nSPS) is 11.8. The van der Waals surface area contributed by atoms with E-state index in [2.05, 4.69) is 10.3 Å². The van der Waals surface area contributed by atoms with Crippen LogP contribution in [0.25, 0.3) is 5.13 Å². The molecule has 1 aromatic carbocycles. The second-order valence-corrected chi connectivity index (χ2v) is 5.97. The van der Waals surface area contributed by atoms with Gasteiger partial charge in [0, 0.05) is 17.8 Å². The minimum absolute atomic E-state index is 0.0361. The minimum atomic E-state index is -1.10. The maximum Gasteiger partial charge on any atom is 0.330 e. The van der Waals surface area contributed by atoms with Gasteiger partial charge in [-0.1, -0.05) is 30.3 Å². The van der Waals surface area contributed by atoms with Gasteiger partial charge >= 0.3 is 5.97 Å². The third-order valence-corrected chi connectivity index (χ3v) is 4.29. The lowest BCUT2D eigenvalue weighted by Crippen LogP contribution is -2.34. The van der Waals surface area contributed by atoms with E-state index in [1.54, 1.807) is 35.7 Å². The third-order valence-electron chi connectivity index (χ3n) is 3.39. The Kier molecular flexibility index (Phi) is 4.72. The maximum atomic E-state index is 12.2. The van der Waals surface area contributed by atoms with E-state index in [1.165, 1.54) is 11.3 Å². The van der Waals surface area contributed by atoms with Gasteiger partial charge in [0.2, 0.25) is 5.91 Å². The van der Waals surface area contributed by atoms with Crippen LogP contribution in [0, 0.1) is 0 Å². The molecule has 2 N–H and O–H groups in total. The van der Waals surface area contributed by atoms with E-state index in [4.69, 9.17) is 0 Å². The third kappa shape index (κ3) is 3.69. The number of hydrogen-bond acceptors (Lipinski definition) is 4. The number of aliphatic carboxylic acids is 1.